The van der Waals surface area contributed by atoms with E-state index < -0.39 is 0 Å². The van der Waals surface area contributed by atoms with Crippen LogP contribution in [0.1, 0.15) is 11.1 Å². The number of aromatic amines is 1. The third kappa shape index (κ3) is 4.03. The van der Waals surface area contributed by atoms with Crippen molar-refractivity contribution in [1.82, 2.24) is 9.88 Å². The largest absolute Gasteiger partial charge is 0.494 e. The number of nitrogens with one attached hydrogen (secondary N) is 2. The maximum atomic E-state index is 13.5. The van der Waals surface area contributed by atoms with Gasteiger partial charge in [-0.2, -0.15) is 0 Å². The number of nitrogens with zero attached hydrogens (tertiary/aromatic N) is 2. The molecule has 0 aliphatic carbocycles. The quantitative estimate of drug-likeness (QED) is 0.585. The summed E-state index contributed by atoms with van der Waals surface area (Å²) >= 11 is 0. The second-order valence-electron chi connectivity index (χ2n) is 6.56. The molecule has 0 amide bonds. The van der Waals surface area contributed by atoms with Gasteiger partial charge in [0.25, 0.3) is 0 Å². The first kappa shape index (κ1) is 17.9. The molecule has 3 N–H and O–H groups in total. The van der Waals surface area contributed by atoms with Crippen LogP contribution in [0.5, 0.6) is 5.88 Å². The Morgan fingerprint density at radius 3 is 2.77 bits per heavy atom. The van der Waals surface area contributed by atoms with Crippen LogP contribution in [-0.2, 0) is 0 Å². The highest BCUT2D eigenvalue weighted by atomic mass is 19.1. The van der Waals surface area contributed by atoms with Gasteiger partial charge in [-0.1, -0.05) is 0 Å². The average Bonchev–Trinajstić information content (AvgIpc) is 2.89. The van der Waals surface area contributed by atoms with Crippen molar-refractivity contribution < 1.29 is 9.50 Å². The number of aliphatic imine (C=N–C) groups is 1. The number of rotatable bonds is 6. The minimum absolute atomic E-state index is 0.0203. The summed E-state index contributed by atoms with van der Waals surface area (Å²) in [5.74, 6) is -0.372. The van der Waals surface area contributed by atoms with E-state index in [4.69, 9.17) is 0 Å². The van der Waals surface area contributed by atoms with Gasteiger partial charge >= 0.3 is 0 Å². The van der Waals surface area contributed by atoms with E-state index in [-0.39, 0.29) is 11.7 Å². The average molecular weight is 354 g/mol. The van der Waals surface area contributed by atoms with Gasteiger partial charge in [0.15, 0.2) is 5.88 Å². The lowest BCUT2D eigenvalue weighted by molar-refractivity contribution is 0.425. The van der Waals surface area contributed by atoms with Crippen LogP contribution in [0.2, 0.25) is 0 Å². The molecule has 0 aliphatic rings. The Kier molecular flexibility index (Phi) is 5.23. The molecule has 136 valence electrons. The van der Waals surface area contributed by atoms with Gasteiger partial charge in [-0.05, 0) is 63.0 Å². The van der Waals surface area contributed by atoms with Crippen molar-refractivity contribution in [2.75, 3.05) is 32.5 Å². The summed E-state index contributed by atoms with van der Waals surface area (Å²) in [5.41, 5.74) is 4.08. The maximum Gasteiger partial charge on any atom is 0.198 e. The lowest BCUT2D eigenvalue weighted by Gasteiger charge is -2.13. The Morgan fingerprint density at radius 1 is 1.23 bits per heavy atom. The van der Waals surface area contributed by atoms with Crippen molar-refractivity contribution in [3.8, 4) is 5.88 Å². The van der Waals surface area contributed by atoms with Gasteiger partial charge in [-0.15, -0.1) is 0 Å². The second-order valence-corrected chi connectivity index (χ2v) is 6.56. The highest BCUT2D eigenvalue weighted by Crippen LogP contribution is 2.27. The van der Waals surface area contributed by atoms with E-state index in [1.165, 1.54) is 12.1 Å². The zero-order valence-electron chi connectivity index (χ0n) is 15.2. The molecule has 0 saturated carbocycles. The molecule has 0 radical (unpaired) electrons. The number of aromatic nitrogens is 1. The van der Waals surface area contributed by atoms with E-state index in [0.29, 0.717) is 16.5 Å². The van der Waals surface area contributed by atoms with E-state index in [9.17, 15) is 9.50 Å². The summed E-state index contributed by atoms with van der Waals surface area (Å²) in [6.07, 6.45) is 1.56. The van der Waals surface area contributed by atoms with Gasteiger partial charge in [-0.25, -0.2) is 4.39 Å². The highest BCUT2D eigenvalue weighted by Gasteiger charge is 2.09. The van der Waals surface area contributed by atoms with Crippen LogP contribution in [0, 0.1) is 12.7 Å². The molecule has 1 aromatic heterocycles. The van der Waals surface area contributed by atoms with Crippen LogP contribution >= 0.6 is 0 Å². The Bertz CT molecular complexity index is 946. The fourth-order valence-corrected chi connectivity index (χ4v) is 2.78. The van der Waals surface area contributed by atoms with E-state index in [1.54, 1.807) is 12.3 Å². The van der Waals surface area contributed by atoms with E-state index in [0.717, 1.165) is 30.0 Å². The summed E-state index contributed by atoms with van der Waals surface area (Å²) in [5, 5.41) is 14.1. The Hall–Kier alpha value is -2.86. The van der Waals surface area contributed by atoms with Crippen molar-refractivity contribution in [2.45, 2.75) is 6.92 Å². The fourth-order valence-electron chi connectivity index (χ4n) is 2.78. The number of hydrogen-bond donors (Lipinski definition) is 3. The molecule has 0 unspecified atom stereocenters. The number of likely N-dealkylation sites (N-methyl/N-ethyl adjacent to an activating group) is 1. The fraction of sp³-hybridized carbons (Fsp3) is 0.250. The molecule has 3 aromatic rings. The topological polar surface area (TPSA) is 63.7 Å². The molecular formula is C20H23FN4O. The molecular weight excluding hydrogens is 331 g/mol. The van der Waals surface area contributed by atoms with Crippen LogP contribution in [-0.4, -0.2) is 48.4 Å². The first-order chi connectivity index (χ1) is 12.4. The van der Waals surface area contributed by atoms with E-state index in [1.807, 2.05) is 39.2 Å². The van der Waals surface area contributed by atoms with Crippen LogP contribution in [0.15, 0.2) is 41.4 Å². The Balaban J connectivity index is 1.80. The van der Waals surface area contributed by atoms with Crippen molar-refractivity contribution in [1.29, 1.82) is 0 Å². The molecule has 1 heterocycles. The molecule has 5 nitrogen and oxygen atoms in total. The van der Waals surface area contributed by atoms with Gasteiger partial charge in [0.2, 0.25) is 0 Å². The predicted octanol–water partition coefficient (Wildman–Crippen LogP) is 4.05. The van der Waals surface area contributed by atoms with Crippen molar-refractivity contribution in [2.24, 2.45) is 4.99 Å². The molecule has 26 heavy (non-hydrogen) atoms. The molecule has 6 heteroatoms. The van der Waals surface area contributed by atoms with Crippen molar-refractivity contribution in [3.63, 3.8) is 0 Å². The van der Waals surface area contributed by atoms with Crippen LogP contribution < -0.4 is 5.32 Å². The number of fused-ring (bicyclic) bond motifs is 1. The molecule has 2 aromatic carbocycles. The smallest absolute Gasteiger partial charge is 0.198 e. The molecule has 0 atom stereocenters. The molecule has 0 aliphatic heterocycles. The van der Waals surface area contributed by atoms with Crippen molar-refractivity contribution >= 4 is 28.5 Å². The van der Waals surface area contributed by atoms with Crippen LogP contribution in [0.25, 0.3) is 10.9 Å². The minimum atomic E-state index is -0.352. The monoisotopic (exact) mass is 354 g/mol. The summed E-state index contributed by atoms with van der Waals surface area (Å²) in [6, 6.07) is 10.2. The predicted molar refractivity (Wildman–Crippen MR) is 105 cm³/mol. The minimum Gasteiger partial charge on any atom is -0.494 e. The van der Waals surface area contributed by atoms with E-state index in [2.05, 4.69) is 20.2 Å². The number of aryl methyl sites for hydroxylation is 1. The number of aromatic hydroxyl groups is 1. The zero-order valence-corrected chi connectivity index (χ0v) is 15.2. The normalized spacial score (nSPS) is 11.7. The Labute approximate surface area is 152 Å². The Morgan fingerprint density at radius 2 is 2.04 bits per heavy atom. The molecule has 3 rings (SSSR count). The van der Waals surface area contributed by atoms with Gasteiger partial charge in [0.05, 0.1) is 11.3 Å². The molecule has 0 spiro atoms. The lowest BCUT2D eigenvalue weighted by atomic mass is 10.1. The first-order valence-corrected chi connectivity index (χ1v) is 8.47. The first-order valence-electron chi connectivity index (χ1n) is 8.47. The van der Waals surface area contributed by atoms with E-state index >= 15 is 0 Å². The third-order valence-electron chi connectivity index (χ3n) is 4.21. The maximum absolute atomic E-state index is 13.5. The van der Waals surface area contributed by atoms with Gasteiger partial charge in [-0.3, -0.25) is 4.99 Å². The second kappa shape index (κ2) is 7.58. The van der Waals surface area contributed by atoms with Gasteiger partial charge < -0.3 is 20.3 Å². The van der Waals surface area contributed by atoms with Gasteiger partial charge in [0.1, 0.15) is 5.82 Å². The summed E-state index contributed by atoms with van der Waals surface area (Å²) in [6.45, 7) is 3.84. The lowest BCUT2D eigenvalue weighted by Crippen LogP contribution is -2.20. The number of anilines is 1. The number of hydrogen-bond acceptors (Lipinski definition) is 4. The highest BCUT2D eigenvalue weighted by molar-refractivity contribution is 6.02. The standard InChI is InChI=1S/C20H23FN4O/c1-13-10-15(5-7-18(13)22-8-9-25(2)3)23-12-17-16-11-14(21)4-6-19(16)24-20(17)26/h4-7,10-12,22,24,26H,8-9H2,1-3H3. The molecule has 0 saturated heterocycles. The zero-order chi connectivity index (χ0) is 18.7. The third-order valence-corrected chi connectivity index (χ3v) is 4.21. The van der Waals surface area contributed by atoms with Crippen molar-refractivity contribution in [3.05, 3.63) is 53.3 Å². The number of halogens is 1. The number of H-pyrrole nitrogens is 1. The van der Waals surface area contributed by atoms with Crippen LogP contribution in [0.3, 0.4) is 0 Å². The summed E-state index contributed by atoms with van der Waals surface area (Å²) < 4.78 is 13.5. The van der Waals surface area contributed by atoms with Gasteiger partial charge in [0, 0.05) is 35.9 Å². The number of benzene rings is 2. The molecule has 0 fully saturated rings. The van der Waals surface area contributed by atoms with Crippen LogP contribution in [0.4, 0.5) is 15.8 Å². The summed E-state index contributed by atoms with van der Waals surface area (Å²) in [7, 11) is 4.08. The summed E-state index contributed by atoms with van der Waals surface area (Å²) in [4.78, 5) is 9.39. The molecule has 0 bridgehead atoms. The SMILES string of the molecule is Cc1cc(N=Cc2c(O)[nH]c3ccc(F)cc23)ccc1NCCN(C)C.